The second-order valence-corrected chi connectivity index (χ2v) is 7.56. The molecule has 1 aliphatic rings. The van der Waals surface area contributed by atoms with Crippen LogP contribution in [0.5, 0.6) is 0 Å². The third-order valence-corrected chi connectivity index (χ3v) is 6.42. The first kappa shape index (κ1) is 7.53. The van der Waals surface area contributed by atoms with Gasteiger partial charge in [0.15, 0.2) is 0 Å². The van der Waals surface area contributed by atoms with Crippen LogP contribution >= 0.6 is 0 Å². The molecule has 0 aromatic carbocycles. The van der Waals surface area contributed by atoms with Gasteiger partial charge in [-0.3, -0.25) is 0 Å². The van der Waals surface area contributed by atoms with Gasteiger partial charge in [-0.1, -0.05) is 0 Å². The van der Waals surface area contributed by atoms with E-state index in [2.05, 4.69) is 27.7 Å². The van der Waals surface area contributed by atoms with Crippen molar-refractivity contribution in [3.05, 3.63) is 11.1 Å². The molecule has 0 nitrogen and oxygen atoms in total. The summed E-state index contributed by atoms with van der Waals surface area (Å²) in [6, 6.07) is 0. The molecule has 0 spiro atoms. The Morgan fingerprint density at radius 1 is 1.22 bits per heavy atom. The van der Waals surface area contributed by atoms with Crippen LogP contribution in [0.4, 0.5) is 0 Å². The fourth-order valence-corrected chi connectivity index (χ4v) is 4.90. The third kappa shape index (κ3) is 1.29. The van der Waals surface area contributed by atoms with Gasteiger partial charge in [0, 0.05) is 0 Å². The quantitative estimate of drug-likeness (QED) is 0.559. The number of rotatable bonds is 0. The van der Waals surface area contributed by atoms with E-state index in [-0.39, 0.29) is 21.1 Å². The predicted molar refractivity (Wildman–Crippen MR) is 44.2 cm³/mol. The average molecular weight is 231 g/mol. The van der Waals surface area contributed by atoms with Gasteiger partial charge >= 0.3 is 67.3 Å². The number of allylic oxidation sites excluding steroid dienone is 2. The third-order valence-electron chi connectivity index (χ3n) is 2.15. The molecule has 1 unspecified atom stereocenters. The van der Waals surface area contributed by atoms with Crippen molar-refractivity contribution in [2.45, 2.75) is 31.6 Å². The van der Waals surface area contributed by atoms with Crippen molar-refractivity contribution in [2.75, 3.05) is 0 Å². The van der Waals surface area contributed by atoms with E-state index < -0.39 is 0 Å². The molecular formula is C8H13Sb. The van der Waals surface area contributed by atoms with Crippen LogP contribution in [0.25, 0.3) is 0 Å². The minimum absolute atomic E-state index is 0.0477. The Labute approximate surface area is 67.4 Å². The summed E-state index contributed by atoms with van der Waals surface area (Å²) >= 11 is 0.0477. The molecule has 0 fully saturated rings. The van der Waals surface area contributed by atoms with E-state index in [4.69, 9.17) is 0 Å². The molecule has 50 valence electrons. The Balaban J connectivity index is 2.97. The minimum atomic E-state index is 0.0477. The van der Waals surface area contributed by atoms with Crippen LogP contribution in [0, 0.1) is 0 Å². The summed E-state index contributed by atoms with van der Waals surface area (Å²) in [4.78, 5) is 0. The van der Waals surface area contributed by atoms with E-state index in [9.17, 15) is 0 Å². The van der Waals surface area contributed by atoms with Crippen molar-refractivity contribution in [2.24, 2.45) is 0 Å². The van der Waals surface area contributed by atoms with Crippen LogP contribution in [0.1, 0.15) is 27.7 Å². The molecule has 0 aliphatic carbocycles. The first-order chi connectivity index (χ1) is 4.13. The summed E-state index contributed by atoms with van der Waals surface area (Å²) in [5.74, 6) is 0. The molecule has 1 heterocycles. The van der Waals surface area contributed by atoms with Crippen molar-refractivity contribution in [3.8, 4) is 0 Å². The van der Waals surface area contributed by atoms with Gasteiger partial charge in [-0.25, -0.2) is 0 Å². The van der Waals surface area contributed by atoms with Gasteiger partial charge in [0.2, 0.25) is 0 Å². The Hall–Kier alpha value is 0.428. The zero-order valence-electron chi connectivity index (χ0n) is 6.52. The first-order valence-electron chi connectivity index (χ1n) is 3.35. The summed E-state index contributed by atoms with van der Waals surface area (Å²) in [7, 11) is 0. The zero-order chi connectivity index (χ0) is 7.02. The molecule has 0 radical (unpaired) electrons. The molecule has 0 aromatic rings. The average Bonchev–Trinajstić information content (AvgIpc) is 1.98. The van der Waals surface area contributed by atoms with Gasteiger partial charge in [0.1, 0.15) is 0 Å². The second-order valence-electron chi connectivity index (χ2n) is 2.70. The summed E-state index contributed by atoms with van der Waals surface area (Å²) in [5, 5.41) is 0. The molecule has 0 saturated heterocycles. The molecule has 0 saturated carbocycles. The van der Waals surface area contributed by atoms with Gasteiger partial charge in [-0.2, -0.15) is 0 Å². The second kappa shape index (κ2) is 2.58. The summed E-state index contributed by atoms with van der Waals surface area (Å²) in [6.45, 7) is 9.22. The molecule has 1 heteroatoms. The zero-order valence-corrected chi connectivity index (χ0v) is 9.08. The van der Waals surface area contributed by atoms with Crippen molar-refractivity contribution in [3.63, 3.8) is 0 Å². The van der Waals surface area contributed by atoms with E-state index in [0.29, 0.717) is 0 Å². The van der Waals surface area contributed by atoms with Crippen molar-refractivity contribution in [1.82, 2.24) is 0 Å². The van der Waals surface area contributed by atoms with Crippen LogP contribution in [-0.4, -0.2) is 24.6 Å². The molecule has 1 atom stereocenters. The molecule has 0 aromatic heterocycles. The molecule has 0 amide bonds. The number of hydrogen-bond donors (Lipinski definition) is 0. The van der Waals surface area contributed by atoms with E-state index in [1.807, 2.05) is 0 Å². The fourth-order valence-electron chi connectivity index (χ4n) is 1.08. The van der Waals surface area contributed by atoms with Crippen molar-refractivity contribution in [1.29, 1.82) is 0 Å². The van der Waals surface area contributed by atoms with Gasteiger partial charge in [-0.05, 0) is 0 Å². The molecule has 1 rings (SSSR count). The standard InChI is InChI=1S/C8H13.Sb/c1-5-7(3)8(4)6-2;/h5H,1-4H3;. The monoisotopic (exact) mass is 230 g/mol. The summed E-state index contributed by atoms with van der Waals surface area (Å²) in [6.07, 6.45) is 0. The van der Waals surface area contributed by atoms with Gasteiger partial charge < -0.3 is 0 Å². The maximum atomic E-state index is 2.37. The fraction of sp³-hybridized carbons (Fsp3) is 0.625. The van der Waals surface area contributed by atoms with Crippen molar-refractivity contribution < 1.29 is 0 Å². The Kier molecular flexibility index (Phi) is 2.16. The molecular weight excluding hydrogens is 218 g/mol. The van der Waals surface area contributed by atoms with Crippen molar-refractivity contribution >= 4 is 24.6 Å². The molecule has 9 heavy (non-hydrogen) atoms. The number of hydrogen-bond acceptors (Lipinski definition) is 0. The predicted octanol–water partition coefficient (Wildman–Crippen LogP) is 2.04. The van der Waals surface area contributed by atoms with Crippen LogP contribution in [0.3, 0.4) is 0 Å². The van der Waals surface area contributed by atoms with Crippen LogP contribution in [-0.2, 0) is 0 Å². The Morgan fingerprint density at radius 2 is 1.78 bits per heavy atom. The molecule has 0 bridgehead atoms. The molecule has 0 N–H and O–H groups in total. The van der Waals surface area contributed by atoms with Crippen LogP contribution in [0.15, 0.2) is 11.1 Å². The SMILES string of the molecule is C[C]1=[Sb][CH](C)C(C)=C1C. The van der Waals surface area contributed by atoms with Crippen LogP contribution in [0.2, 0.25) is 3.86 Å². The topological polar surface area (TPSA) is 0 Å². The van der Waals surface area contributed by atoms with Gasteiger partial charge in [0.25, 0.3) is 0 Å². The summed E-state index contributed by atoms with van der Waals surface area (Å²) in [5.41, 5.74) is 3.27. The maximum absolute atomic E-state index is 2.37. The van der Waals surface area contributed by atoms with Gasteiger partial charge in [-0.15, -0.1) is 0 Å². The first-order valence-corrected chi connectivity index (χ1v) is 6.10. The summed E-state index contributed by atoms with van der Waals surface area (Å²) < 4.78 is 2.69. The van der Waals surface area contributed by atoms with E-state index >= 15 is 0 Å². The van der Waals surface area contributed by atoms with Crippen LogP contribution < -0.4 is 0 Å². The Bertz CT molecular complexity index is 187. The van der Waals surface area contributed by atoms with E-state index in [1.165, 1.54) is 0 Å². The van der Waals surface area contributed by atoms with E-state index in [0.717, 1.165) is 3.86 Å². The molecule has 1 aliphatic heterocycles. The Morgan fingerprint density at radius 3 is 1.89 bits per heavy atom. The van der Waals surface area contributed by atoms with E-state index in [1.54, 1.807) is 14.6 Å². The van der Waals surface area contributed by atoms with Gasteiger partial charge in [0.05, 0.1) is 0 Å². The normalized spacial score (nSPS) is 27.1.